The van der Waals surface area contributed by atoms with Gasteiger partial charge in [0.1, 0.15) is 12.0 Å². The van der Waals surface area contributed by atoms with E-state index >= 15 is 0 Å². The second kappa shape index (κ2) is 6.97. The first kappa shape index (κ1) is 17.0. The highest BCUT2D eigenvalue weighted by atomic mass is 16.6. The molecule has 0 aliphatic rings. The molecular formula is C16H13N5O5. The first-order chi connectivity index (χ1) is 12.4. The van der Waals surface area contributed by atoms with Crippen LogP contribution in [0.1, 0.15) is 15.9 Å². The molecule has 0 saturated heterocycles. The molecule has 3 aromatic rings. The van der Waals surface area contributed by atoms with Crippen molar-refractivity contribution in [3.05, 3.63) is 64.1 Å². The van der Waals surface area contributed by atoms with Crippen LogP contribution in [-0.2, 0) is 9.53 Å². The third-order valence-electron chi connectivity index (χ3n) is 3.48. The van der Waals surface area contributed by atoms with Crippen LogP contribution in [0.25, 0.3) is 5.65 Å². The van der Waals surface area contributed by atoms with Crippen molar-refractivity contribution in [3.8, 4) is 0 Å². The van der Waals surface area contributed by atoms with Gasteiger partial charge >= 0.3 is 5.97 Å². The van der Waals surface area contributed by atoms with Gasteiger partial charge < -0.3 is 10.1 Å². The van der Waals surface area contributed by atoms with E-state index in [4.69, 9.17) is 4.74 Å². The van der Waals surface area contributed by atoms with Gasteiger partial charge in [-0.1, -0.05) is 6.07 Å². The highest BCUT2D eigenvalue weighted by molar-refractivity contribution is 5.96. The number of anilines is 1. The van der Waals surface area contributed by atoms with Gasteiger partial charge in [0.05, 0.1) is 10.5 Å². The summed E-state index contributed by atoms with van der Waals surface area (Å²) in [5.74, 6) is -1.40. The van der Waals surface area contributed by atoms with E-state index in [1.807, 2.05) is 0 Å². The lowest BCUT2D eigenvalue weighted by Gasteiger charge is -2.08. The van der Waals surface area contributed by atoms with Crippen LogP contribution in [0.15, 0.2) is 42.9 Å². The van der Waals surface area contributed by atoms with E-state index in [0.717, 1.165) is 0 Å². The number of carbonyl (C=O) groups is 2. The molecule has 132 valence electrons. The molecule has 0 saturated carbocycles. The Morgan fingerprint density at radius 3 is 2.88 bits per heavy atom. The molecule has 1 aromatic carbocycles. The summed E-state index contributed by atoms with van der Waals surface area (Å²) >= 11 is 0. The maximum absolute atomic E-state index is 12.0. The average molecular weight is 355 g/mol. The molecule has 0 aliphatic carbocycles. The minimum atomic E-state index is -0.714. The molecule has 0 fully saturated rings. The molecule has 2 heterocycles. The van der Waals surface area contributed by atoms with Crippen LogP contribution in [0.2, 0.25) is 0 Å². The summed E-state index contributed by atoms with van der Waals surface area (Å²) < 4.78 is 6.47. The number of nitrogens with one attached hydrogen (secondary N) is 1. The molecule has 0 aliphatic heterocycles. The number of nitro benzene ring substituents is 1. The summed E-state index contributed by atoms with van der Waals surface area (Å²) in [6.45, 7) is 1.12. The van der Waals surface area contributed by atoms with Gasteiger partial charge in [0.2, 0.25) is 0 Å². The number of benzene rings is 1. The molecule has 0 unspecified atom stereocenters. The van der Waals surface area contributed by atoms with Gasteiger partial charge in [-0.15, -0.1) is 10.2 Å². The summed E-state index contributed by atoms with van der Waals surface area (Å²) in [5, 5.41) is 20.9. The van der Waals surface area contributed by atoms with Crippen LogP contribution in [0.4, 0.5) is 11.4 Å². The second-order valence-electron chi connectivity index (χ2n) is 5.42. The molecule has 1 amide bonds. The summed E-state index contributed by atoms with van der Waals surface area (Å²) in [6, 6.07) is 7.47. The largest absolute Gasteiger partial charge is 0.452 e. The smallest absolute Gasteiger partial charge is 0.340 e. The number of aromatic nitrogens is 3. The lowest BCUT2D eigenvalue weighted by Crippen LogP contribution is -2.21. The first-order valence-corrected chi connectivity index (χ1v) is 7.45. The number of hydrogen-bond acceptors (Lipinski definition) is 7. The number of rotatable bonds is 5. The highest BCUT2D eigenvalue weighted by Gasteiger charge is 2.17. The van der Waals surface area contributed by atoms with Gasteiger partial charge in [0.25, 0.3) is 11.6 Å². The Hall–Kier alpha value is -3.82. The van der Waals surface area contributed by atoms with E-state index in [1.54, 1.807) is 19.1 Å². The van der Waals surface area contributed by atoms with Gasteiger partial charge in [-0.05, 0) is 30.7 Å². The Balaban J connectivity index is 1.63. The zero-order chi connectivity index (χ0) is 18.7. The third-order valence-corrected chi connectivity index (χ3v) is 3.48. The first-order valence-electron chi connectivity index (χ1n) is 7.45. The topological polar surface area (TPSA) is 129 Å². The van der Waals surface area contributed by atoms with Crippen LogP contribution in [0.3, 0.4) is 0 Å². The van der Waals surface area contributed by atoms with Crippen LogP contribution in [0.5, 0.6) is 0 Å². The lowest BCUT2D eigenvalue weighted by molar-refractivity contribution is -0.384. The van der Waals surface area contributed by atoms with Gasteiger partial charge in [-0.25, -0.2) is 4.79 Å². The predicted octanol–water partition coefficient (Wildman–Crippen LogP) is 1.74. The van der Waals surface area contributed by atoms with Crippen molar-refractivity contribution >= 4 is 28.9 Å². The maximum atomic E-state index is 12.0. The Morgan fingerprint density at radius 2 is 2.12 bits per heavy atom. The number of esters is 1. The van der Waals surface area contributed by atoms with Crippen molar-refractivity contribution in [2.24, 2.45) is 0 Å². The molecule has 26 heavy (non-hydrogen) atoms. The summed E-state index contributed by atoms with van der Waals surface area (Å²) in [5.41, 5.74) is 1.26. The van der Waals surface area contributed by atoms with Crippen molar-refractivity contribution in [3.63, 3.8) is 0 Å². The van der Waals surface area contributed by atoms with Crippen LogP contribution in [-0.4, -0.2) is 38.0 Å². The minimum Gasteiger partial charge on any atom is -0.452 e. The summed E-state index contributed by atoms with van der Waals surface area (Å²) in [7, 11) is 0. The fourth-order valence-electron chi connectivity index (χ4n) is 2.25. The Labute approximate surface area is 146 Å². The number of hydrogen-bond donors (Lipinski definition) is 1. The van der Waals surface area contributed by atoms with Crippen LogP contribution < -0.4 is 5.32 Å². The molecule has 0 bridgehead atoms. The zero-order valence-electron chi connectivity index (χ0n) is 13.6. The van der Waals surface area contributed by atoms with E-state index in [2.05, 4.69) is 15.5 Å². The van der Waals surface area contributed by atoms with Crippen molar-refractivity contribution in [2.75, 3.05) is 11.9 Å². The number of nitro groups is 1. The lowest BCUT2D eigenvalue weighted by atomic mass is 10.2. The molecule has 10 heteroatoms. The fraction of sp³-hybridized carbons (Fsp3) is 0.125. The number of amides is 1. The van der Waals surface area contributed by atoms with Gasteiger partial charge in [-0.3, -0.25) is 19.3 Å². The normalized spacial score (nSPS) is 10.5. The Morgan fingerprint density at radius 1 is 1.31 bits per heavy atom. The highest BCUT2D eigenvalue weighted by Crippen LogP contribution is 2.25. The van der Waals surface area contributed by atoms with Crippen LogP contribution >= 0.6 is 0 Å². The van der Waals surface area contributed by atoms with E-state index in [1.165, 1.54) is 35.1 Å². The van der Waals surface area contributed by atoms with Crippen molar-refractivity contribution in [2.45, 2.75) is 6.92 Å². The summed E-state index contributed by atoms with van der Waals surface area (Å²) in [6.07, 6.45) is 2.90. The van der Waals surface area contributed by atoms with Crippen LogP contribution in [0, 0.1) is 17.0 Å². The number of fused-ring (bicyclic) bond motifs is 1. The van der Waals surface area contributed by atoms with E-state index in [-0.39, 0.29) is 16.9 Å². The van der Waals surface area contributed by atoms with Gasteiger partial charge in [-0.2, -0.15) is 0 Å². The zero-order valence-corrected chi connectivity index (χ0v) is 13.6. The number of ether oxygens (including phenoxy) is 1. The van der Waals surface area contributed by atoms with Gasteiger partial charge in [0.15, 0.2) is 12.3 Å². The standard InChI is InChI=1S/C16H13N5O5/c1-10-2-4-12(13(6-10)21(24)25)18-15(22)8-26-16(23)11-3-5-14-19-17-9-20(14)7-11/h2-7,9H,8H2,1H3,(H,18,22). The minimum absolute atomic E-state index is 0.0348. The van der Waals surface area contributed by atoms with E-state index in [9.17, 15) is 19.7 Å². The van der Waals surface area contributed by atoms with E-state index < -0.39 is 23.4 Å². The SMILES string of the molecule is Cc1ccc(NC(=O)COC(=O)c2ccc3nncn3c2)c([N+](=O)[O-])c1. The molecule has 1 N–H and O–H groups in total. The number of carbonyl (C=O) groups excluding carboxylic acids is 2. The third kappa shape index (κ3) is 3.64. The van der Waals surface area contributed by atoms with Gasteiger partial charge in [0, 0.05) is 12.3 Å². The molecular weight excluding hydrogens is 342 g/mol. The number of aryl methyl sites for hydroxylation is 1. The number of pyridine rings is 1. The average Bonchev–Trinajstić information content (AvgIpc) is 3.08. The predicted molar refractivity (Wildman–Crippen MR) is 89.7 cm³/mol. The quantitative estimate of drug-likeness (QED) is 0.419. The fourth-order valence-corrected chi connectivity index (χ4v) is 2.25. The summed E-state index contributed by atoms with van der Waals surface area (Å²) in [4.78, 5) is 34.4. The monoisotopic (exact) mass is 355 g/mol. The number of nitrogens with zero attached hydrogens (tertiary/aromatic N) is 4. The Kier molecular flexibility index (Phi) is 4.56. The maximum Gasteiger partial charge on any atom is 0.340 e. The molecule has 10 nitrogen and oxygen atoms in total. The molecule has 3 rings (SSSR count). The second-order valence-corrected chi connectivity index (χ2v) is 5.42. The van der Waals surface area contributed by atoms with Crippen molar-refractivity contribution in [1.29, 1.82) is 0 Å². The molecule has 0 atom stereocenters. The molecule has 0 spiro atoms. The van der Waals surface area contributed by atoms with E-state index in [0.29, 0.717) is 11.2 Å². The Bertz CT molecular complexity index is 1010. The molecule has 0 radical (unpaired) electrons. The van der Waals surface area contributed by atoms with Crippen molar-refractivity contribution in [1.82, 2.24) is 14.6 Å². The molecule has 2 aromatic heterocycles. The van der Waals surface area contributed by atoms with Crippen molar-refractivity contribution < 1.29 is 19.2 Å².